The molecule has 0 bridgehead atoms. The molecule has 0 aliphatic heterocycles. The van der Waals surface area contributed by atoms with Gasteiger partial charge in [-0.05, 0) is 56.6 Å². The molecule has 0 aliphatic carbocycles. The third-order valence-electron chi connectivity index (χ3n) is 5.22. The Bertz CT molecular complexity index is 665. The van der Waals surface area contributed by atoms with Crippen LogP contribution in [-0.4, -0.2) is 17.6 Å². The van der Waals surface area contributed by atoms with Gasteiger partial charge in [-0.2, -0.15) is 0 Å². The molecule has 1 unspecified atom stereocenters. The van der Waals surface area contributed by atoms with Crippen LogP contribution in [0.25, 0.3) is 0 Å². The zero-order valence-corrected chi connectivity index (χ0v) is 17.9. The van der Waals surface area contributed by atoms with Crippen molar-refractivity contribution in [2.24, 2.45) is 11.3 Å². The monoisotopic (exact) mass is 371 g/mol. The van der Waals surface area contributed by atoms with Gasteiger partial charge in [0.25, 0.3) is 0 Å². The Morgan fingerprint density at radius 2 is 1.81 bits per heavy atom. The SMILES string of the molecule is CCC(CC=C(C)CCC=C(C)CNc1ccccc1C(=O)O)C(C)(C)C. The summed E-state index contributed by atoms with van der Waals surface area (Å²) in [6.45, 7) is 14.2. The predicted octanol–water partition coefficient (Wildman–Crippen LogP) is 6.93. The van der Waals surface area contributed by atoms with Crippen molar-refractivity contribution in [2.45, 2.75) is 67.2 Å². The van der Waals surface area contributed by atoms with E-state index in [0.29, 0.717) is 23.2 Å². The van der Waals surface area contributed by atoms with E-state index in [1.54, 1.807) is 12.1 Å². The Morgan fingerprint density at radius 3 is 2.41 bits per heavy atom. The minimum absolute atomic E-state index is 0.313. The normalized spacial score (nSPS) is 14.1. The lowest BCUT2D eigenvalue weighted by atomic mass is 9.77. The first kappa shape index (κ1) is 23.0. The second-order valence-corrected chi connectivity index (χ2v) is 8.55. The van der Waals surface area contributed by atoms with Crippen molar-refractivity contribution in [2.75, 3.05) is 11.9 Å². The number of carbonyl (C=O) groups is 1. The van der Waals surface area contributed by atoms with E-state index in [1.807, 2.05) is 12.1 Å². The summed E-state index contributed by atoms with van der Waals surface area (Å²) >= 11 is 0. The molecule has 3 nitrogen and oxygen atoms in total. The van der Waals surface area contributed by atoms with E-state index in [0.717, 1.165) is 25.2 Å². The van der Waals surface area contributed by atoms with Gasteiger partial charge in [0, 0.05) is 12.2 Å². The van der Waals surface area contributed by atoms with Gasteiger partial charge in [-0.25, -0.2) is 4.79 Å². The van der Waals surface area contributed by atoms with E-state index in [4.69, 9.17) is 0 Å². The van der Waals surface area contributed by atoms with Gasteiger partial charge in [0.15, 0.2) is 0 Å². The van der Waals surface area contributed by atoms with Crippen LogP contribution in [0.1, 0.15) is 77.6 Å². The molecule has 2 N–H and O–H groups in total. The molecular weight excluding hydrogens is 334 g/mol. The lowest BCUT2D eigenvalue weighted by Crippen LogP contribution is -2.19. The first-order chi connectivity index (χ1) is 12.6. The molecule has 3 heteroatoms. The van der Waals surface area contributed by atoms with Gasteiger partial charge < -0.3 is 10.4 Å². The van der Waals surface area contributed by atoms with Crippen LogP contribution in [0.2, 0.25) is 0 Å². The topological polar surface area (TPSA) is 49.3 Å². The number of para-hydroxylation sites is 1. The van der Waals surface area contributed by atoms with Gasteiger partial charge in [0.2, 0.25) is 0 Å². The van der Waals surface area contributed by atoms with Crippen molar-refractivity contribution in [1.82, 2.24) is 0 Å². The minimum atomic E-state index is -0.902. The van der Waals surface area contributed by atoms with Gasteiger partial charge in [-0.15, -0.1) is 0 Å². The molecule has 1 rings (SSSR count). The molecule has 150 valence electrons. The van der Waals surface area contributed by atoms with Crippen LogP contribution in [0.4, 0.5) is 5.69 Å². The van der Waals surface area contributed by atoms with Crippen molar-refractivity contribution in [3.8, 4) is 0 Å². The molecule has 0 aliphatic rings. The number of nitrogens with one attached hydrogen (secondary N) is 1. The van der Waals surface area contributed by atoms with Crippen LogP contribution in [0.3, 0.4) is 0 Å². The van der Waals surface area contributed by atoms with Crippen LogP contribution < -0.4 is 5.32 Å². The fourth-order valence-electron chi connectivity index (χ4n) is 3.25. The van der Waals surface area contributed by atoms with Gasteiger partial charge in [-0.3, -0.25) is 0 Å². The smallest absolute Gasteiger partial charge is 0.337 e. The summed E-state index contributed by atoms with van der Waals surface area (Å²) in [5.41, 5.74) is 4.02. The maximum atomic E-state index is 11.2. The molecule has 0 radical (unpaired) electrons. The maximum absolute atomic E-state index is 11.2. The molecule has 1 atom stereocenters. The van der Waals surface area contributed by atoms with Gasteiger partial charge in [-0.1, -0.05) is 69.5 Å². The van der Waals surface area contributed by atoms with Crippen LogP contribution >= 0.6 is 0 Å². The summed E-state index contributed by atoms with van der Waals surface area (Å²) < 4.78 is 0. The van der Waals surface area contributed by atoms with Crippen LogP contribution in [0.15, 0.2) is 47.6 Å². The highest BCUT2D eigenvalue weighted by molar-refractivity contribution is 5.94. The van der Waals surface area contributed by atoms with Crippen molar-refractivity contribution in [3.05, 3.63) is 53.1 Å². The first-order valence-electron chi connectivity index (χ1n) is 10.0. The second-order valence-electron chi connectivity index (χ2n) is 8.55. The van der Waals surface area contributed by atoms with Gasteiger partial charge in [0.05, 0.1) is 5.56 Å². The molecular formula is C24H37NO2. The molecule has 27 heavy (non-hydrogen) atoms. The number of carboxylic acid groups (broad SMARTS) is 1. The average Bonchev–Trinajstić information content (AvgIpc) is 2.59. The van der Waals surface area contributed by atoms with Crippen molar-refractivity contribution in [3.63, 3.8) is 0 Å². The van der Waals surface area contributed by atoms with E-state index in [-0.39, 0.29) is 0 Å². The van der Waals surface area contributed by atoms with Crippen LogP contribution in [0.5, 0.6) is 0 Å². The Morgan fingerprint density at radius 1 is 1.15 bits per heavy atom. The number of benzene rings is 1. The molecule has 0 aromatic heterocycles. The molecule has 0 fully saturated rings. The highest BCUT2D eigenvalue weighted by Gasteiger charge is 2.21. The number of hydrogen-bond acceptors (Lipinski definition) is 2. The van der Waals surface area contributed by atoms with Crippen LogP contribution in [0, 0.1) is 11.3 Å². The van der Waals surface area contributed by atoms with Crippen LogP contribution in [-0.2, 0) is 0 Å². The standard InChI is InChI=1S/C24H37NO2/c1-7-20(24(4,5)6)16-15-18(2)11-10-12-19(3)17-25-22-14-9-8-13-21(22)23(26)27/h8-9,12-15,20,25H,7,10-11,16-17H2,1-6H3,(H,26,27). The summed E-state index contributed by atoms with van der Waals surface area (Å²) in [6.07, 6.45) is 9.11. The highest BCUT2D eigenvalue weighted by atomic mass is 16.4. The fourth-order valence-corrected chi connectivity index (χ4v) is 3.25. The predicted molar refractivity (Wildman–Crippen MR) is 116 cm³/mol. The summed E-state index contributed by atoms with van der Waals surface area (Å²) in [5.74, 6) is -0.177. The Hall–Kier alpha value is -2.03. The Balaban J connectivity index is 2.49. The van der Waals surface area contributed by atoms with E-state index in [1.165, 1.54) is 17.6 Å². The quantitative estimate of drug-likeness (QED) is 0.438. The number of aromatic carboxylic acids is 1. The average molecular weight is 372 g/mol. The third-order valence-corrected chi connectivity index (χ3v) is 5.22. The lowest BCUT2D eigenvalue weighted by Gasteiger charge is -2.29. The number of anilines is 1. The molecule has 1 aromatic carbocycles. The zero-order valence-electron chi connectivity index (χ0n) is 17.9. The molecule has 0 heterocycles. The van der Waals surface area contributed by atoms with E-state index >= 15 is 0 Å². The molecule has 0 saturated carbocycles. The number of allylic oxidation sites excluding steroid dienone is 3. The van der Waals surface area contributed by atoms with Gasteiger partial charge >= 0.3 is 5.97 Å². The van der Waals surface area contributed by atoms with E-state index in [2.05, 4.69) is 59.0 Å². The Kier molecular flexibility index (Phi) is 9.34. The maximum Gasteiger partial charge on any atom is 0.337 e. The second kappa shape index (κ2) is 11.0. The molecule has 1 aromatic rings. The van der Waals surface area contributed by atoms with E-state index < -0.39 is 5.97 Å². The summed E-state index contributed by atoms with van der Waals surface area (Å²) in [6, 6.07) is 7.03. The number of carboxylic acids is 1. The third kappa shape index (κ3) is 8.47. The minimum Gasteiger partial charge on any atom is -0.478 e. The zero-order chi connectivity index (χ0) is 20.4. The Labute approximate surface area is 165 Å². The van der Waals surface area contributed by atoms with Crippen molar-refractivity contribution >= 4 is 11.7 Å². The summed E-state index contributed by atoms with van der Waals surface area (Å²) in [5, 5.41) is 12.5. The largest absolute Gasteiger partial charge is 0.478 e. The van der Waals surface area contributed by atoms with Gasteiger partial charge in [0.1, 0.15) is 0 Å². The lowest BCUT2D eigenvalue weighted by molar-refractivity contribution is 0.0698. The highest BCUT2D eigenvalue weighted by Crippen LogP contribution is 2.32. The summed E-state index contributed by atoms with van der Waals surface area (Å²) in [7, 11) is 0. The number of hydrogen-bond donors (Lipinski definition) is 2. The number of rotatable bonds is 10. The molecule has 0 amide bonds. The fraction of sp³-hybridized carbons (Fsp3) is 0.542. The molecule has 0 spiro atoms. The summed E-state index contributed by atoms with van der Waals surface area (Å²) in [4.78, 5) is 11.2. The molecule has 0 saturated heterocycles. The van der Waals surface area contributed by atoms with Crippen molar-refractivity contribution < 1.29 is 9.90 Å². The van der Waals surface area contributed by atoms with E-state index in [9.17, 15) is 9.90 Å². The van der Waals surface area contributed by atoms with Crippen molar-refractivity contribution in [1.29, 1.82) is 0 Å². The first-order valence-corrected chi connectivity index (χ1v) is 10.0.